The van der Waals surface area contributed by atoms with Gasteiger partial charge in [0.2, 0.25) is 6.54 Å². The van der Waals surface area contributed by atoms with E-state index in [1.807, 2.05) is 47.9 Å². The van der Waals surface area contributed by atoms with Crippen LogP contribution in [0.2, 0.25) is 5.02 Å². The van der Waals surface area contributed by atoms with Crippen LogP contribution in [0.4, 0.5) is 0 Å². The van der Waals surface area contributed by atoms with Crippen LogP contribution < -0.4 is 4.74 Å². The lowest BCUT2D eigenvalue weighted by Gasteiger charge is -2.15. The third-order valence-corrected chi connectivity index (χ3v) is 6.66. The van der Waals surface area contributed by atoms with Gasteiger partial charge in [-0.1, -0.05) is 53.7 Å². The van der Waals surface area contributed by atoms with Gasteiger partial charge in [-0.25, -0.2) is 0 Å². The van der Waals surface area contributed by atoms with Gasteiger partial charge in [0.25, 0.3) is 0 Å². The quantitative estimate of drug-likeness (QED) is 0.161. The lowest BCUT2D eigenvalue weighted by atomic mass is 10.1. The van der Waals surface area contributed by atoms with E-state index in [2.05, 4.69) is 16.3 Å². The molecule has 1 heterocycles. The van der Waals surface area contributed by atoms with E-state index in [9.17, 15) is 15.4 Å². The molecule has 0 unspecified atom stereocenters. The van der Waals surface area contributed by atoms with Crippen molar-refractivity contribution in [3.05, 3.63) is 110 Å². The van der Waals surface area contributed by atoms with Crippen LogP contribution in [0.3, 0.4) is 0 Å². The first kappa shape index (κ1) is 24.3. The Balaban J connectivity index is 1.53. The Labute approximate surface area is 211 Å². The molecule has 8 nitrogen and oxygen atoms in total. The normalized spacial score (nSPS) is 11.6. The minimum atomic E-state index is -0.493. The van der Waals surface area contributed by atoms with Crippen molar-refractivity contribution in [3.8, 4) is 17.5 Å². The van der Waals surface area contributed by atoms with Crippen molar-refractivity contribution in [2.24, 2.45) is 0 Å². The number of nitro groups is 1. The predicted molar refractivity (Wildman–Crippen MR) is 133 cm³/mol. The summed E-state index contributed by atoms with van der Waals surface area (Å²) in [5.41, 5.74) is 2.94. The number of hydrogen-bond acceptors (Lipinski definition) is 7. The molecule has 0 amide bonds. The lowest BCUT2D eigenvalue weighted by Crippen LogP contribution is -2.11. The molecule has 4 aromatic rings. The number of ether oxygens (including phenoxy) is 1. The number of rotatable bonds is 9. The molecule has 35 heavy (non-hydrogen) atoms. The van der Waals surface area contributed by atoms with Gasteiger partial charge in [0, 0.05) is 21.2 Å². The molecule has 0 N–H and O–H groups in total. The molecule has 0 spiro atoms. The smallest absolute Gasteiger partial charge is 0.220 e. The fourth-order valence-electron chi connectivity index (χ4n) is 3.48. The van der Waals surface area contributed by atoms with Crippen molar-refractivity contribution in [1.82, 2.24) is 14.8 Å². The maximum absolute atomic E-state index is 11.4. The summed E-state index contributed by atoms with van der Waals surface area (Å²) in [7, 11) is 0. The largest absolute Gasteiger partial charge is 0.489 e. The average Bonchev–Trinajstić information content (AvgIpc) is 3.22. The van der Waals surface area contributed by atoms with E-state index in [0.29, 0.717) is 27.3 Å². The zero-order valence-electron chi connectivity index (χ0n) is 18.7. The summed E-state index contributed by atoms with van der Waals surface area (Å²) in [5.74, 6) is 1.27. The first-order valence-corrected chi connectivity index (χ1v) is 11.9. The summed E-state index contributed by atoms with van der Waals surface area (Å²) in [6.07, 6.45) is 0. The van der Waals surface area contributed by atoms with Crippen LogP contribution in [0.15, 0.2) is 78.0 Å². The Morgan fingerprint density at radius 2 is 1.83 bits per heavy atom. The highest BCUT2D eigenvalue weighted by molar-refractivity contribution is 7.99. The molecule has 0 saturated heterocycles. The summed E-state index contributed by atoms with van der Waals surface area (Å²) in [5, 5.41) is 29.8. The van der Waals surface area contributed by atoms with E-state index in [1.165, 1.54) is 11.8 Å². The summed E-state index contributed by atoms with van der Waals surface area (Å²) in [6, 6.07) is 23.8. The van der Waals surface area contributed by atoms with Crippen LogP contribution in [-0.2, 0) is 6.61 Å². The molecule has 0 aliphatic carbocycles. The second kappa shape index (κ2) is 11.0. The van der Waals surface area contributed by atoms with Gasteiger partial charge in [0.15, 0.2) is 5.16 Å². The second-order valence-electron chi connectivity index (χ2n) is 7.59. The van der Waals surface area contributed by atoms with E-state index in [0.717, 1.165) is 16.8 Å². The number of benzene rings is 3. The molecule has 0 saturated carbocycles. The van der Waals surface area contributed by atoms with Crippen molar-refractivity contribution in [1.29, 1.82) is 5.26 Å². The predicted octanol–water partition coefficient (Wildman–Crippen LogP) is 5.79. The Hall–Kier alpha value is -3.87. The summed E-state index contributed by atoms with van der Waals surface area (Å²) in [6.45, 7) is 1.79. The van der Waals surface area contributed by atoms with E-state index in [-0.39, 0.29) is 18.1 Å². The Bertz CT molecular complexity index is 1370. The number of aromatic nitrogens is 3. The second-order valence-corrected chi connectivity index (χ2v) is 9.20. The minimum absolute atomic E-state index is 0.250. The molecule has 176 valence electrons. The summed E-state index contributed by atoms with van der Waals surface area (Å²) in [4.78, 5) is 11.1. The van der Waals surface area contributed by atoms with E-state index in [1.54, 1.807) is 36.4 Å². The molecule has 1 aromatic heterocycles. The molecule has 0 aliphatic heterocycles. The van der Waals surface area contributed by atoms with E-state index < -0.39 is 5.25 Å². The topological polar surface area (TPSA) is 107 Å². The number of nitrogens with zero attached hydrogens (tertiary/aromatic N) is 5. The van der Waals surface area contributed by atoms with Crippen molar-refractivity contribution in [2.75, 3.05) is 6.54 Å². The number of thioether (sulfide) groups is 1. The Kier molecular flexibility index (Phi) is 7.65. The van der Waals surface area contributed by atoms with Gasteiger partial charge in [-0.3, -0.25) is 14.7 Å². The lowest BCUT2D eigenvalue weighted by molar-refractivity contribution is -0.479. The first-order chi connectivity index (χ1) is 16.9. The standard InChI is InChI=1S/C25H20ClN5O3S/c1-17-28-29-25(31(17)22-10-8-21(26)9-11-22)35-24(15-30(32)33)18-6-12-23(13-7-18)34-16-20-5-3-2-4-19(20)14-27/h2-13,24H,15-16H2,1H3/t24-/m1/s1. The molecule has 4 rings (SSSR count). The fraction of sp³-hybridized carbons (Fsp3) is 0.160. The number of aryl methyl sites for hydroxylation is 1. The molecule has 1 atom stereocenters. The molecule has 10 heteroatoms. The van der Waals surface area contributed by atoms with Crippen molar-refractivity contribution in [3.63, 3.8) is 0 Å². The highest BCUT2D eigenvalue weighted by atomic mass is 35.5. The van der Waals surface area contributed by atoms with Gasteiger partial charge in [0.1, 0.15) is 23.4 Å². The SMILES string of the molecule is Cc1nnc(S[C@H](C[N+](=O)[O-])c2ccc(OCc3ccccc3C#N)cc2)n1-c1ccc(Cl)cc1. The zero-order chi connectivity index (χ0) is 24.8. The molecular formula is C25H20ClN5O3S. The van der Waals surface area contributed by atoms with E-state index >= 15 is 0 Å². The maximum atomic E-state index is 11.4. The van der Waals surface area contributed by atoms with Crippen LogP contribution in [-0.4, -0.2) is 26.2 Å². The maximum Gasteiger partial charge on any atom is 0.220 e. The average molecular weight is 506 g/mol. The number of hydrogen-bond donors (Lipinski definition) is 0. The van der Waals surface area contributed by atoms with Crippen molar-refractivity contribution in [2.45, 2.75) is 23.9 Å². The minimum Gasteiger partial charge on any atom is -0.489 e. The third-order valence-electron chi connectivity index (χ3n) is 5.23. The summed E-state index contributed by atoms with van der Waals surface area (Å²) < 4.78 is 7.67. The monoisotopic (exact) mass is 505 g/mol. The van der Waals surface area contributed by atoms with Gasteiger partial charge in [-0.15, -0.1) is 10.2 Å². The van der Waals surface area contributed by atoms with Gasteiger partial charge >= 0.3 is 0 Å². The van der Waals surface area contributed by atoms with Crippen LogP contribution >= 0.6 is 23.4 Å². The molecule has 0 aliphatic rings. The number of nitriles is 1. The highest BCUT2D eigenvalue weighted by Crippen LogP contribution is 2.36. The molecule has 0 radical (unpaired) electrons. The van der Waals surface area contributed by atoms with Gasteiger partial charge < -0.3 is 4.74 Å². The fourth-order valence-corrected chi connectivity index (χ4v) is 4.78. The Morgan fingerprint density at radius 3 is 2.51 bits per heavy atom. The van der Waals surface area contributed by atoms with Crippen LogP contribution in [0.1, 0.15) is 27.8 Å². The van der Waals surface area contributed by atoms with E-state index in [4.69, 9.17) is 16.3 Å². The molecule has 0 bridgehead atoms. The summed E-state index contributed by atoms with van der Waals surface area (Å²) >= 11 is 7.29. The molecule has 0 fully saturated rings. The van der Waals surface area contributed by atoms with Crippen LogP contribution in [0.5, 0.6) is 5.75 Å². The van der Waals surface area contributed by atoms with Crippen molar-refractivity contribution < 1.29 is 9.66 Å². The third kappa shape index (κ3) is 5.98. The van der Waals surface area contributed by atoms with Gasteiger partial charge in [-0.2, -0.15) is 5.26 Å². The van der Waals surface area contributed by atoms with Crippen LogP contribution in [0.25, 0.3) is 5.69 Å². The van der Waals surface area contributed by atoms with Crippen molar-refractivity contribution >= 4 is 23.4 Å². The van der Waals surface area contributed by atoms with Gasteiger partial charge in [-0.05, 0) is 55.0 Å². The van der Waals surface area contributed by atoms with Gasteiger partial charge in [0.05, 0.1) is 11.6 Å². The van der Waals surface area contributed by atoms with Crippen LogP contribution in [0, 0.1) is 28.4 Å². The highest BCUT2D eigenvalue weighted by Gasteiger charge is 2.24. The number of halogens is 1. The first-order valence-electron chi connectivity index (χ1n) is 10.6. The zero-order valence-corrected chi connectivity index (χ0v) is 20.2. The molecular weight excluding hydrogens is 486 g/mol. The molecule has 3 aromatic carbocycles. The Morgan fingerprint density at radius 1 is 1.11 bits per heavy atom.